The fourth-order valence-electron chi connectivity index (χ4n) is 3.89. The maximum Gasteiger partial charge on any atom is 0.239 e. The van der Waals surface area contributed by atoms with E-state index in [2.05, 4.69) is 5.32 Å². The highest BCUT2D eigenvalue weighted by Crippen LogP contribution is 2.39. The number of hydrogen-bond acceptors (Lipinski definition) is 3. The largest absolute Gasteiger partial charge is 0.389 e. The molecule has 1 amide bonds. The van der Waals surface area contributed by atoms with Crippen LogP contribution in [-0.2, 0) is 4.79 Å². The molecule has 2 aliphatic heterocycles. The molecule has 2 heterocycles. The minimum atomic E-state index is -0.474. The molecule has 1 saturated carbocycles. The second-order valence-electron chi connectivity index (χ2n) is 6.23. The molecule has 3 fully saturated rings. The highest BCUT2D eigenvalue weighted by molar-refractivity contribution is 5.82. The zero-order valence-electron chi connectivity index (χ0n) is 11.0. The molecule has 18 heavy (non-hydrogen) atoms. The van der Waals surface area contributed by atoms with Crippen LogP contribution in [-0.4, -0.2) is 47.2 Å². The number of nitrogens with one attached hydrogen (secondary N) is 1. The third-order valence-corrected chi connectivity index (χ3v) is 5.10. The van der Waals surface area contributed by atoms with Crippen LogP contribution < -0.4 is 5.32 Å². The van der Waals surface area contributed by atoms with Crippen LogP contribution >= 0.6 is 0 Å². The van der Waals surface area contributed by atoms with Gasteiger partial charge in [0.15, 0.2) is 0 Å². The minimum absolute atomic E-state index is 0.0415. The van der Waals surface area contributed by atoms with E-state index in [4.69, 9.17) is 0 Å². The Labute approximate surface area is 109 Å². The standard InChI is InChI=1S/C14H24N2O2/c17-13(12-5-3-8-15-12)16-9-7-14(18)6-2-1-4-11(14)10-16/h11-12,15,18H,1-10H2/t11?,12-,14?/m0/s1. The number of hydrogen-bond donors (Lipinski definition) is 2. The summed E-state index contributed by atoms with van der Waals surface area (Å²) in [5.74, 6) is 0.575. The minimum Gasteiger partial charge on any atom is -0.389 e. The summed E-state index contributed by atoms with van der Waals surface area (Å²) in [6.45, 7) is 2.48. The van der Waals surface area contributed by atoms with Crippen molar-refractivity contribution < 1.29 is 9.90 Å². The van der Waals surface area contributed by atoms with Gasteiger partial charge in [0, 0.05) is 19.0 Å². The van der Waals surface area contributed by atoms with Gasteiger partial charge < -0.3 is 15.3 Å². The van der Waals surface area contributed by atoms with E-state index in [9.17, 15) is 9.90 Å². The van der Waals surface area contributed by atoms with Gasteiger partial charge in [-0.2, -0.15) is 0 Å². The zero-order chi connectivity index (χ0) is 12.6. The molecule has 3 atom stereocenters. The summed E-state index contributed by atoms with van der Waals surface area (Å²) in [6.07, 6.45) is 7.22. The van der Waals surface area contributed by atoms with Crippen molar-refractivity contribution in [3.8, 4) is 0 Å². The molecule has 0 spiro atoms. The van der Waals surface area contributed by atoms with Gasteiger partial charge in [-0.3, -0.25) is 4.79 Å². The Bertz CT molecular complexity index is 328. The van der Waals surface area contributed by atoms with E-state index < -0.39 is 5.60 Å². The molecule has 2 N–H and O–H groups in total. The zero-order valence-corrected chi connectivity index (χ0v) is 11.0. The summed E-state index contributed by atoms with van der Waals surface area (Å²) in [5, 5.41) is 13.9. The van der Waals surface area contributed by atoms with Gasteiger partial charge in [-0.25, -0.2) is 0 Å². The van der Waals surface area contributed by atoms with Crippen molar-refractivity contribution in [1.82, 2.24) is 10.2 Å². The van der Waals surface area contributed by atoms with Crippen molar-refractivity contribution in [2.45, 2.75) is 56.6 Å². The van der Waals surface area contributed by atoms with Crippen molar-refractivity contribution in [3.63, 3.8) is 0 Å². The van der Waals surface area contributed by atoms with Crippen LogP contribution in [0.1, 0.15) is 44.9 Å². The van der Waals surface area contributed by atoms with E-state index in [0.717, 1.165) is 58.2 Å². The van der Waals surface area contributed by atoms with Crippen LogP contribution in [0.2, 0.25) is 0 Å². The van der Waals surface area contributed by atoms with E-state index in [-0.39, 0.29) is 11.9 Å². The van der Waals surface area contributed by atoms with Gasteiger partial charge in [0.1, 0.15) is 0 Å². The molecule has 0 aromatic rings. The molecular formula is C14H24N2O2. The SMILES string of the molecule is O=C([C@@H]1CCCN1)N1CCC2(O)CCCCC2C1. The van der Waals surface area contributed by atoms with Gasteiger partial charge in [0.25, 0.3) is 0 Å². The Kier molecular flexibility index (Phi) is 3.32. The number of piperidine rings is 1. The molecule has 2 unspecified atom stereocenters. The Hall–Kier alpha value is -0.610. The first-order valence-electron chi connectivity index (χ1n) is 7.44. The Morgan fingerprint density at radius 1 is 1.22 bits per heavy atom. The first-order valence-corrected chi connectivity index (χ1v) is 7.44. The first-order chi connectivity index (χ1) is 8.69. The smallest absolute Gasteiger partial charge is 0.239 e. The Morgan fingerprint density at radius 3 is 2.89 bits per heavy atom. The molecule has 4 nitrogen and oxygen atoms in total. The topological polar surface area (TPSA) is 52.6 Å². The van der Waals surface area contributed by atoms with Crippen LogP contribution in [0.25, 0.3) is 0 Å². The third kappa shape index (κ3) is 2.16. The van der Waals surface area contributed by atoms with Gasteiger partial charge >= 0.3 is 0 Å². The number of carbonyl (C=O) groups excluding carboxylic acids is 1. The lowest BCUT2D eigenvalue weighted by molar-refractivity contribution is -0.145. The van der Waals surface area contributed by atoms with E-state index >= 15 is 0 Å². The van der Waals surface area contributed by atoms with E-state index in [0.29, 0.717) is 5.92 Å². The summed E-state index contributed by atoms with van der Waals surface area (Å²) in [4.78, 5) is 14.4. The lowest BCUT2D eigenvalue weighted by Crippen LogP contribution is -2.57. The molecule has 1 aliphatic carbocycles. The Morgan fingerprint density at radius 2 is 2.11 bits per heavy atom. The fourth-order valence-corrected chi connectivity index (χ4v) is 3.89. The van der Waals surface area contributed by atoms with Gasteiger partial charge in [0.05, 0.1) is 11.6 Å². The Balaban J connectivity index is 1.64. The summed E-state index contributed by atoms with van der Waals surface area (Å²) in [5.41, 5.74) is -0.474. The van der Waals surface area contributed by atoms with E-state index in [1.54, 1.807) is 0 Å². The van der Waals surface area contributed by atoms with Gasteiger partial charge in [0.2, 0.25) is 5.91 Å². The van der Waals surface area contributed by atoms with Crippen molar-refractivity contribution in [2.24, 2.45) is 5.92 Å². The highest BCUT2D eigenvalue weighted by Gasteiger charge is 2.44. The quantitative estimate of drug-likeness (QED) is 0.729. The van der Waals surface area contributed by atoms with Gasteiger partial charge in [-0.05, 0) is 38.6 Å². The summed E-state index contributed by atoms with van der Waals surface area (Å²) >= 11 is 0. The molecule has 102 valence electrons. The molecule has 0 radical (unpaired) electrons. The molecule has 4 heteroatoms. The van der Waals surface area contributed by atoms with Gasteiger partial charge in [-0.15, -0.1) is 0 Å². The van der Waals surface area contributed by atoms with Crippen LogP contribution in [0.15, 0.2) is 0 Å². The lowest BCUT2D eigenvalue weighted by atomic mass is 9.71. The first kappa shape index (κ1) is 12.4. The van der Waals surface area contributed by atoms with Crippen molar-refractivity contribution in [1.29, 1.82) is 0 Å². The number of fused-ring (bicyclic) bond motifs is 1. The maximum absolute atomic E-state index is 12.4. The molecule has 3 rings (SSSR count). The maximum atomic E-state index is 12.4. The third-order valence-electron chi connectivity index (χ3n) is 5.10. The van der Waals surface area contributed by atoms with Crippen molar-refractivity contribution in [2.75, 3.05) is 19.6 Å². The number of amides is 1. The normalized spacial score (nSPS) is 40.6. The molecule has 2 saturated heterocycles. The second-order valence-corrected chi connectivity index (χ2v) is 6.23. The predicted molar refractivity (Wildman–Crippen MR) is 69.1 cm³/mol. The van der Waals surface area contributed by atoms with E-state index in [1.165, 1.54) is 6.42 Å². The molecule has 0 bridgehead atoms. The number of aliphatic hydroxyl groups is 1. The average molecular weight is 252 g/mol. The monoisotopic (exact) mass is 252 g/mol. The number of carbonyl (C=O) groups is 1. The number of nitrogens with zero attached hydrogens (tertiary/aromatic N) is 1. The van der Waals surface area contributed by atoms with E-state index in [1.807, 2.05) is 4.90 Å². The molecule has 3 aliphatic rings. The predicted octanol–water partition coefficient (Wildman–Crippen LogP) is 0.892. The van der Waals surface area contributed by atoms with Gasteiger partial charge in [-0.1, -0.05) is 12.8 Å². The molecule has 0 aromatic heterocycles. The van der Waals surface area contributed by atoms with Crippen molar-refractivity contribution >= 4 is 5.91 Å². The second kappa shape index (κ2) is 4.82. The summed E-state index contributed by atoms with van der Waals surface area (Å²) < 4.78 is 0. The van der Waals surface area contributed by atoms with Crippen LogP contribution in [0, 0.1) is 5.92 Å². The fraction of sp³-hybridized carbons (Fsp3) is 0.929. The van der Waals surface area contributed by atoms with Crippen LogP contribution in [0.5, 0.6) is 0 Å². The van der Waals surface area contributed by atoms with Crippen molar-refractivity contribution in [3.05, 3.63) is 0 Å². The highest BCUT2D eigenvalue weighted by atomic mass is 16.3. The summed E-state index contributed by atoms with van der Waals surface area (Å²) in [7, 11) is 0. The van der Waals surface area contributed by atoms with Crippen LogP contribution in [0.4, 0.5) is 0 Å². The molecular weight excluding hydrogens is 228 g/mol. The number of likely N-dealkylation sites (tertiary alicyclic amines) is 1. The van der Waals surface area contributed by atoms with Crippen LogP contribution in [0.3, 0.4) is 0 Å². The average Bonchev–Trinajstić information content (AvgIpc) is 2.90. The number of rotatable bonds is 1. The molecule has 0 aromatic carbocycles. The summed E-state index contributed by atoms with van der Waals surface area (Å²) in [6, 6.07) is 0.0415. The lowest BCUT2D eigenvalue weighted by Gasteiger charge is -2.47.